The van der Waals surface area contributed by atoms with Gasteiger partial charge in [0.05, 0.1) is 17.1 Å². The monoisotopic (exact) mass is 398 g/mol. The number of aryl methyl sites for hydroxylation is 1. The molecule has 1 amide bonds. The Balaban J connectivity index is 1.66. The molecule has 0 bridgehead atoms. The number of nitrogens with one attached hydrogen (secondary N) is 1. The van der Waals surface area contributed by atoms with Crippen LogP contribution in [0, 0.1) is 6.92 Å². The summed E-state index contributed by atoms with van der Waals surface area (Å²) in [5, 5.41) is 2.80. The van der Waals surface area contributed by atoms with E-state index in [1.807, 2.05) is 42.0 Å². The number of amides is 1. The summed E-state index contributed by atoms with van der Waals surface area (Å²) in [5.41, 5.74) is 1.83. The second kappa shape index (κ2) is 8.37. The van der Waals surface area contributed by atoms with E-state index < -0.39 is 10.0 Å². The van der Waals surface area contributed by atoms with Crippen molar-refractivity contribution in [2.45, 2.75) is 18.4 Å². The summed E-state index contributed by atoms with van der Waals surface area (Å²) in [6.07, 6.45) is 3.57. The van der Waals surface area contributed by atoms with Crippen LogP contribution in [0.15, 0.2) is 71.9 Å². The van der Waals surface area contributed by atoms with Crippen LogP contribution < -0.4 is 5.32 Å². The number of carbonyl (C=O) groups excluding carboxylic acids is 1. The molecule has 0 saturated heterocycles. The minimum Gasteiger partial charge on any atom is -0.351 e. The molecule has 2 aromatic carbocycles. The van der Waals surface area contributed by atoms with Gasteiger partial charge in [-0.1, -0.05) is 36.4 Å². The average Bonchev–Trinajstić information content (AvgIpc) is 3.13. The van der Waals surface area contributed by atoms with E-state index in [0.717, 1.165) is 21.4 Å². The lowest BCUT2D eigenvalue weighted by molar-refractivity contribution is -0.121. The van der Waals surface area contributed by atoms with Crippen LogP contribution in [0.5, 0.6) is 0 Å². The third-order valence-corrected chi connectivity index (χ3v) is 6.19. The molecule has 0 spiro atoms. The fraction of sp³-hybridized carbons (Fsp3) is 0.200. The SMILES string of the molecule is Cc1nccn1-c1ccccc1CNC(=O)CN(C)S(=O)(=O)c1ccccc1. The molecule has 0 aliphatic rings. The first-order valence-corrected chi connectivity index (χ1v) is 10.2. The number of sulfonamides is 1. The highest BCUT2D eigenvalue weighted by molar-refractivity contribution is 7.89. The summed E-state index contributed by atoms with van der Waals surface area (Å²) < 4.78 is 28.0. The Morgan fingerprint density at radius 2 is 1.79 bits per heavy atom. The molecule has 146 valence electrons. The van der Waals surface area contributed by atoms with E-state index in [1.165, 1.54) is 19.2 Å². The molecule has 3 aromatic rings. The molecule has 0 saturated carbocycles. The molecular weight excluding hydrogens is 376 g/mol. The lowest BCUT2D eigenvalue weighted by Gasteiger charge is -2.17. The molecule has 7 nitrogen and oxygen atoms in total. The standard InChI is InChI=1S/C20H22N4O3S/c1-16-21-12-13-24(16)19-11-7-6-8-17(19)14-22-20(25)15-23(2)28(26,27)18-9-4-3-5-10-18/h3-13H,14-15H2,1-2H3,(H,22,25). The van der Waals surface area contributed by atoms with Gasteiger partial charge < -0.3 is 9.88 Å². The Hall–Kier alpha value is -2.97. The van der Waals surface area contributed by atoms with E-state index in [1.54, 1.807) is 24.4 Å². The zero-order valence-corrected chi connectivity index (χ0v) is 16.6. The lowest BCUT2D eigenvalue weighted by atomic mass is 10.1. The van der Waals surface area contributed by atoms with Crippen LogP contribution >= 0.6 is 0 Å². The van der Waals surface area contributed by atoms with Crippen LogP contribution in [0.3, 0.4) is 0 Å². The maximum absolute atomic E-state index is 12.5. The van der Waals surface area contributed by atoms with Crippen molar-refractivity contribution in [1.29, 1.82) is 0 Å². The molecule has 1 heterocycles. The van der Waals surface area contributed by atoms with E-state index in [2.05, 4.69) is 10.3 Å². The third-order valence-electron chi connectivity index (χ3n) is 4.37. The number of nitrogens with zero attached hydrogens (tertiary/aromatic N) is 3. The zero-order valence-electron chi connectivity index (χ0n) is 15.7. The highest BCUT2D eigenvalue weighted by atomic mass is 32.2. The average molecular weight is 398 g/mol. The maximum atomic E-state index is 12.5. The summed E-state index contributed by atoms with van der Waals surface area (Å²) in [6.45, 7) is 1.92. The topological polar surface area (TPSA) is 84.3 Å². The summed E-state index contributed by atoms with van der Waals surface area (Å²) in [4.78, 5) is 16.7. The van der Waals surface area contributed by atoms with Gasteiger partial charge in [0, 0.05) is 26.0 Å². The number of benzene rings is 2. The van der Waals surface area contributed by atoms with Gasteiger partial charge in [0.15, 0.2) is 0 Å². The minimum absolute atomic E-state index is 0.159. The van der Waals surface area contributed by atoms with Crippen molar-refractivity contribution < 1.29 is 13.2 Å². The number of carbonyl (C=O) groups is 1. The van der Waals surface area contributed by atoms with Gasteiger partial charge in [0.2, 0.25) is 15.9 Å². The summed E-state index contributed by atoms with van der Waals surface area (Å²) >= 11 is 0. The molecule has 0 aliphatic carbocycles. The Bertz CT molecular complexity index is 1060. The quantitative estimate of drug-likeness (QED) is 0.661. The fourth-order valence-corrected chi connectivity index (χ4v) is 3.99. The fourth-order valence-electron chi connectivity index (χ4n) is 2.84. The Morgan fingerprint density at radius 1 is 1.11 bits per heavy atom. The van der Waals surface area contributed by atoms with E-state index in [0.29, 0.717) is 0 Å². The molecular formula is C20H22N4O3S. The predicted octanol–water partition coefficient (Wildman–Crippen LogP) is 2.12. The third kappa shape index (κ3) is 4.29. The van der Waals surface area contributed by atoms with Crippen molar-refractivity contribution in [3.8, 4) is 5.69 Å². The van der Waals surface area contributed by atoms with Gasteiger partial charge in [-0.3, -0.25) is 4.79 Å². The highest BCUT2D eigenvalue weighted by Gasteiger charge is 2.22. The van der Waals surface area contributed by atoms with Gasteiger partial charge in [0.1, 0.15) is 5.82 Å². The van der Waals surface area contributed by atoms with E-state index in [4.69, 9.17) is 0 Å². The Morgan fingerprint density at radius 3 is 2.46 bits per heavy atom. The maximum Gasteiger partial charge on any atom is 0.243 e. The smallest absolute Gasteiger partial charge is 0.243 e. The number of imidazole rings is 1. The summed E-state index contributed by atoms with van der Waals surface area (Å²) in [6, 6.07) is 15.7. The van der Waals surface area contributed by atoms with Gasteiger partial charge in [-0.15, -0.1) is 0 Å². The molecule has 0 fully saturated rings. The molecule has 28 heavy (non-hydrogen) atoms. The number of aromatic nitrogens is 2. The molecule has 0 atom stereocenters. The van der Waals surface area contributed by atoms with Gasteiger partial charge in [0.25, 0.3) is 0 Å². The van der Waals surface area contributed by atoms with E-state index >= 15 is 0 Å². The first kappa shape index (κ1) is 19.8. The molecule has 0 aliphatic heterocycles. The first-order chi connectivity index (χ1) is 13.4. The van der Waals surface area contributed by atoms with Crippen molar-refractivity contribution in [1.82, 2.24) is 19.2 Å². The van der Waals surface area contributed by atoms with Crippen molar-refractivity contribution in [3.63, 3.8) is 0 Å². The molecule has 1 aromatic heterocycles. The van der Waals surface area contributed by atoms with Crippen molar-refractivity contribution in [3.05, 3.63) is 78.4 Å². The van der Waals surface area contributed by atoms with Crippen LogP contribution in [0.25, 0.3) is 5.69 Å². The van der Waals surface area contributed by atoms with Crippen molar-refractivity contribution in [2.24, 2.45) is 0 Å². The number of hydrogen-bond donors (Lipinski definition) is 1. The zero-order chi connectivity index (χ0) is 20.1. The van der Waals surface area contributed by atoms with Gasteiger partial charge in [-0.2, -0.15) is 4.31 Å². The number of hydrogen-bond acceptors (Lipinski definition) is 4. The van der Waals surface area contributed by atoms with E-state index in [-0.39, 0.29) is 23.9 Å². The molecule has 0 unspecified atom stereocenters. The normalized spacial score (nSPS) is 11.5. The molecule has 1 N–H and O–H groups in total. The lowest BCUT2D eigenvalue weighted by Crippen LogP contribution is -2.38. The summed E-state index contributed by atoms with van der Waals surface area (Å²) in [5.74, 6) is 0.464. The molecule has 3 rings (SSSR count). The molecule has 0 radical (unpaired) electrons. The first-order valence-electron chi connectivity index (χ1n) is 8.76. The Labute approximate surface area is 164 Å². The van der Waals surface area contributed by atoms with Crippen LogP contribution in [0.2, 0.25) is 0 Å². The molecule has 8 heteroatoms. The van der Waals surface area contributed by atoms with Gasteiger partial charge in [-0.25, -0.2) is 13.4 Å². The number of rotatable bonds is 7. The minimum atomic E-state index is -3.71. The second-order valence-corrected chi connectivity index (χ2v) is 8.37. The van der Waals surface area contributed by atoms with Crippen LogP contribution in [-0.2, 0) is 21.4 Å². The van der Waals surface area contributed by atoms with Gasteiger partial charge >= 0.3 is 0 Å². The van der Waals surface area contributed by atoms with E-state index in [9.17, 15) is 13.2 Å². The number of para-hydroxylation sites is 1. The number of likely N-dealkylation sites (N-methyl/N-ethyl adjacent to an activating group) is 1. The highest BCUT2D eigenvalue weighted by Crippen LogP contribution is 2.16. The van der Waals surface area contributed by atoms with Crippen LogP contribution in [0.1, 0.15) is 11.4 Å². The summed E-state index contributed by atoms with van der Waals surface area (Å²) in [7, 11) is -2.31. The van der Waals surface area contributed by atoms with Crippen molar-refractivity contribution >= 4 is 15.9 Å². The van der Waals surface area contributed by atoms with Crippen molar-refractivity contribution in [2.75, 3.05) is 13.6 Å². The van der Waals surface area contributed by atoms with Crippen LogP contribution in [0.4, 0.5) is 0 Å². The predicted molar refractivity (Wildman–Crippen MR) is 106 cm³/mol. The Kier molecular flexibility index (Phi) is 5.91. The second-order valence-electron chi connectivity index (χ2n) is 6.32. The largest absolute Gasteiger partial charge is 0.351 e. The van der Waals surface area contributed by atoms with Crippen LogP contribution in [-0.4, -0.2) is 41.8 Å². The van der Waals surface area contributed by atoms with Gasteiger partial charge in [-0.05, 0) is 30.7 Å².